The molecule has 1 rings (SSSR count). The van der Waals surface area contributed by atoms with Gasteiger partial charge in [-0.1, -0.05) is 0 Å². The van der Waals surface area contributed by atoms with Crippen molar-refractivity contribution in [3.63, 3.8) is 0 Å². The van der Waals surface area contributed by atoms with Crippen LogP contribution in [0.25, 0.3) is 0 Å². The lowest BCUT2D eigenvalue weighted by Crippen LogP contribution is -2.22. The fourth-order valence-corrected chi connectivity index (χ4v) is 1.61. The third-order valence-corrected chi connectivity index (χ3v) is 2.83. The van der Waals surface area contributed by atoms with Crippen LogP contribution in [0.1, 0.15) is 19.8 Å². The molecule has 0 aromatic heterocycles. The van der Waals surface area contributed by atoms with Crippen LogP contribution in [-0.4, -0.2) is 25.0 Å². The summed E-state index contributed by atoms with van der Waals surface area (Å²) in [6.07, 6.45) is 1.90. The van der Waals surface area contributed by atoms with Crippen molar-refractivity contribution < 1.29 is 9.47 Å². The van der Waals surface area contributed by atoms with Crippen LogP contribution in [0.4, 0.5) is 0 Å². The van der Waals surface area contributed by atoms with Gasteiger partial charge in [0.25, 0.3) is 0 Å². The van der Waals surface area contributed by atoms with E-state index in [0.29, 0.717) is 13.2 Å². The van der Waals surface area contributed by atoms with E-state index >= 15 is 0 Å². The van der Waals surface area contributed by atoms with E-state index in [-0.39, 0.29) is 6.04 Å². The second-order valence-electron chi connectivity index (χ2n) is 3.84. The molecule has 96 valence electrons. The molecule has 1 aromatic rings. The lowest BCUT2D eigenvalue weighted by molar-refractivity contribution is 0.301. The molecule has 0 unspecified atom stereocenters. The number of hydrogen-bond acceptors (Lipinski definition) is 4. The highest BCUT2D eigenvalue weighted by Gasteiger charge is 2.00. The van der Waals surface area contributed by atoms with Gasteiger partial charge in [-0.25, -0.2) is 0 Å². The Morgan fingerprint density at radius 3 is 2.29 bits per heavy atom. The third kappa shape index (κ3) is 5.84. The molecule has 0 saturated carbocycles. The third-order valence-electron chi connectivity index (χ3n) is 2.36. The summed E-state index contributed by atoms with van der Waals surface area (Å²) in [6, 6.07) is 7.84. The van der Waals surface area contributed by atoms with Crippen molar-refractivity contribution in [1.82, 2.24) is 0 Å². The monoisotopic (exact) mass is 255 g/mol. The van der Waals surface area contributed by atoms with Crippen molar-refractivity contribution in [2.45, 2.75) is 25.8 Å². The van der Waals surface area contributed by atoms with E-state index in [0.717, 1.165) is 30.1 Å². The molecule has 17 heavy (non-hydrogen) atoms. The van der Waals surface area contributed by atoms with E-state index < -0.39 is 0 Å². The van der Waals surface area contributed by atoms with Crippen molar-refractivity contribution in [2.24, 2.45) is 5.73 Å². The van der Waals surface area contributed by atoms with E-state index in [1.54, 1.807) is 0 Å². The first-order valence-electron chi connectivity index (χ1n) is 5.98. The van der Waals surface area contributed by atoms with E-state index in [1.165, 1.54) is 0 Å². The Bertz CT molecular complexity index is 303. The summed E-state index contributed by atoms with van der Waals surface area (Å²) in [5.41, 5.74) is 5.76. The van der Waals surface area contributed by atoms with Crippen molar-refractivity contribution in [3.05, 3.63) is 24.3 Å². The summed E-state index contributed by atoms with van der Waals surface area (Å²) < 4.78 is 10.9. The van der Waals surface area contributed by atoms with E-state index in [9.17, 15) is 0 Å². The van der Waals surface area contributed by atoms with Crippen LogP contribution in [0.3, 0.4) is 0 Å². The molecule has 0 radical (unpaired) electrons. The average molecular weight is 255 g/mol. The fraction of sp³-hybridized carbons (Fsp3) is 0.538. The number of benzene rings is 1. The van der Waals surface area contributed by atoms with Gasteiger partial charge in [0, 0.05) is 11.8 Å². The maximum atomic E-state index is 5.76. The molecule has 0 aliphatic rings. The highest BCUT2D eigenvalue weighted by Crippen LogP contribution is 2.17. The summed E-state index contributed by atoms with van der Waals surface area (Å²) in [5.74, 6) is 2.47. The minimum absolute atomic E-state index is 0.169. The number of thiol groups is 1. The first kappa shape index (κ1) is 14.2. The second-order valence-corrected chi connectivity index (χ2v) is 4.20. The maximum absolute atomic E-state index is 5.76. The molecule has 0 heterocycles. The van der Waals surface area contributed by atoms with Crippen molar-refractivity contribution in [3.8, 4) is 11.5 Å². The Labute approximate surface area is 109 Å². The summed E-state index contributed by atoms with van der Waals surface area (Å²) in [7, 11) is 0. The topological polar surface area (TPSA) is 44.5 Å². The zero-order valence-electron chi connectivity index (χ0n) is 10.3. The van der Waals surface area contributed by atoms with Crippen molar-refractivity contribution in [2.75, 3.05) is 19.0 Å². The van der Waals surface area contributed by atoms with Gasteiger partial charge in [-0.05, 0) is 44.0 Å². The van der Waals surface area contributed by atoms with Gasteiger partial charge in [0.15, 0.2) is 0 Å². The average Bonchev–Trinajstić information content (AvgIpc) is 2.36. The predicted octanol–water partition coefficient (Wildman–Crippen LogP) is 2.50. The lowest BCUT2D eigenvalue weighted by atomic mass is 10.2. The standard InChI is InChI=1S/C13H21NO2S/c1-2-15-12-5-7-13(8-6-12)16-9-3-4-11(14)10-17/h5-8,11,17H,2-4,9-10,14H2,1H3/t11-/m1/s1. The molecule has 1 atom stereocenters. The molecule has 4 heteroatoms. The molecular formula is C13H21NO2S. The summed E-state index contributed by atoms with van der Waals surface area (Å²) in [5, 5.41) is 0. The summed E-state index contributed by atoms with van der Waals surface area (Å²) >= 11 is 4.14. The molecule has 3 nitrogen and oxygen atoms in total. The molecule has 0 spiro atoms. The molecular weight excluding hydrogens is 234 g/mol. The molecule has 0 bridgehead atoms. The molecule has 0 saturated heterocycles. The molecule has 2 N–H and O–H groups in total. The van der Waals surface area contributed by atoms with Crippen LogP contribution < -0.4 is 15.2 Å². The Balaban J connectivity index is 2.23. The van der Waals surface area contributed by atoms with Crippen LogP contribution in [0.2, 0.25) is 0 Å². The van der Waals surface area contributed by atoms with Gasteiger partial charge in [-0.2, -0.15) is 12.6 Å². The molecule has 0 aliphatic heterocycles. The predicted molar refractivity (Wildman–Crippen MR) is 74.2 cm³/mol. The quantitative estimate of drug-likeness (QED) is 0.554. The van der Waals surface area contributed by atoms with Gasteiger partial charge in [-0.15, -0.1) is 0 Å². The van der Waals surface area contributed by atoms with Gasteiger partial charge in [-0.3, -0.25) is 0 Å². The van der Waals surface area contributed by atoms with Crippen LogP contribution in [0, 0.1) is 0 Å². The van der Waals surface area contributed by atoms with Crippen molar-refractivity contribution >= 4 is 12.6 Å². The number of hydrogen-bond donors (Lipinski definition) is 2. The summed E-state index contributed by atoms with van der Waals surface area (Å²) in [6.45, 7) is 3.34. The van der Waals surface area contributed by atoms with Crippen LogP contribution in [0.15, 0.2) is 24.3 Å². The normalized spacial score (nSPS) is 12.2. The Hall–Kier alpha value is -0.870. The van der Waals surface area contributed by atoms with Crippen LogP contribution >= 0.6 is 12.6 Å². The molecule has 0 amide bonds. The number of nitrogens with two attached hydrogens (primary N) is 1. The minimum atomic E-state index is 0.169. The molecule has 1 aromatic carbocycles. The highest BCUT2D eigenvalue weighted by atomic mass is 32.1. The zero-order valence-corrected chi connectivity index (χ0v) is 11.2. The van der Waals surface area contributed by atoms with Crippen LogP contribution in [0.5, 0.6) is 11.5 Å². The lowest BCUT2D eigenvalue weighted by Gasteiger charge is -2.10. The van der Waals surface area contributed by atoms with Crippen LogP contribution in [-0.2, 0) is 0 Å². The zero-order chi connectivity index (χ0) is 12.5. The minimum Gasteiger partial charge on any atom is -0.494 e. The fourth-order valence-electron chi connectivity index (χ4n) is 1.43. The number of rotatable bonds is 8. The number of ether oxygens (including phenoxy) is 2. The smallest absolute Gasteiger partial charge is 0.119 e. The highest BCUT2D eigenvalue weighted by molar-refractivity contribution is 7.80. The maximum Gasteiger partial charge on any atom is 0.119 e. The van der Waals surface area contributed by atoms with E-state index in [2.05, 4.69) is 12.6 Å². The van der Waals surface area contributed by atoms with Crippen molar-refractivity contribution in [1.29, 1.82) is 0 Å². The van der Waals surface area contributed by atoms with Gasteiger partial charge >= 0.3 is 0 Å². The summed E-state index contributed by atoms with van der Waals surface area (Å²) in [4.78, 5) is 0. The van der Waals surface area contributed by atoms with Gasteiger partial charge in [0.05, 0.1) is 13.2 Å². The van der Waals surface area contributed by atoms with Gasteiger partial charge in [0.2, 0.25) is 0 Å². The Kier molecular flexibility index (Phi) is 6.89. The second kappa shape index (κ2) is 8.25. The Morgan fingerprint density at radius 2 is 1.76 bits per heavy atom. The first-order chi connectivity index (χ1) is 8.26. The Morgan fingerprint density at radius 1 is 1.18 bits per heavy atom. The van der Waals surface area contributed by atoms with Gasteiger partial charge < -0.3 is 15.2 Å². The van der Waals surface area contributed by atoms with Gasteiger partial charge in [0.1, 0.15) is 11.5 Å². The SMILES string of the molecule is CCOc1ccc(OCCC[C@@H](N)CS)cc1. The molecule has 0 fully saturated rings. The molecule has 0 aliphatic carbocycles. The first-order valence-corrected chi connectivity index (χ1v) is 6.61. The van der Waals surface area contributed by atoms with E-state index in [1.807, 2.05) is 31.2 Å². The van der Waals surface area contributed by atoms with E-state index in [4.69, 9.17) is 15.2 Å². The largest absolute Gasteiger partial charge is 0.494 e.